The molecule has 1 amide bonds. The minimum Gasteiger partial charge on any atom is -0.354 e. The Kier molecular flexibility index (Phi) is 6.62. The van der Waals surface area contributed by atoms with Crippen LogP contribution in [0.25, 0.3) is 0 Å². The summed E-state index contributed by atoms with van der Waals surface area (Å²) < 4.78 is 0. The summed E-state index contributed by atoms with van der Waals surface area (Å²) in [5.74, 6) is 0.171. The first-order valence-corrected chi connectivity index (χ1v) is 8.18. The number of nitrogens with one attached hydrogen (secondary N) is 2. The number of hydrogen-bond acceptors (Lipinski definition) is 4. The van der Waals surface area contributed by atoms with Crippen molar-refractivity contribution in [1.29, 1.82) is 0 Å². The summed E-state index contributed by atoms with van der Waals surface area (Å²) in [4.78, 5) is 20.4. The van der Waals surface area contributed by atoms with E-state index in [9.17, 15) is 4.79 Å². The molecular weight excluding hydrogens is 335 g/mol. The molecule has 0 bridgehead atoms. The van der Waals surface area contributed by atoms with Gasteiger partial charge in [-0.25, -0.2) is 9.97 Å². The fourth-order valence-electron chi connectivity index (χ4n) is 1.91. The Hall–Kier alpha value is -1.85. The predicted molar refractivity (Wildman–Crippen MR) is 94.5 cm³/mol. The van der Waals surface area contributed by atoms with Gasteiger partial charge in [0.15, 0.2) is 0 Å². The van der Waals surface area contributed by atoms with Crippen LogP contribution in [0.15, 0.2) is 30.6 Å². The number of rotatable bonds is 7. The molecule has 0 radical (unpaired) electrons. The zero-order valence-corrected chi connectivity index (χ0v) is 14.3. The third-order valence-electron chi connectivity index (χ3n) is 3.18. The normalized spacial score (nSPS) is 10.4. The summed E-state index contributed by atoms with van der Waals surface area (Å²) in [6.45, 7) is 2.97. The molecule has 0 aliphatic rings. The van der Waals surface area contributed by atoms with Gasteiger partial charge in [-0.15, -0.1) is 0 Å². The molecule has 1 aromatic carbocycles. The standard InChI is InChI=1S/C16H18Cl2N4O/c1-2-3-4-8-19-16-20-9-11(10-21-16)15(23)22-13-7-5-6-12(17)14(13)18/h5-7,9-10H,2-4,8H2,1H3,(H,22,23)(H,19,20,21). The number of unbranched alkanes of at least 4 members (excludes halogenated alkanes) is 2. The average molecular weight is 353 g/mol. The minimum atomic E-state index is -0.341. The van der Waals surface area contributed by atoms with Crippen LogP contribution in [0.2, 0.25) is 10.0 Å². The van der Waals surface area contributed by atoms with Crippen molar-refractivity contribution in [3.63, 3.8) is 0 Å². The summed E-state index contributed by atoms with van der Waals surface area (Å²) in [5.41, 5.74) is 0.797. The molecular formula is C16H18Cl2N4O. The summed E-state index contributed by atoms with van der Waals surface area (Å²) >= 11 is 12.0. The fourth-order valence-corrected chi connectivity index (χ4v) is 2.25. The summed E-state index contributed by atoms with van der Waals surface area (Å²) in [6, 6.07) is 5.04. The second-order valence-electron chi connectivity index (χ2n) is 4.98. The molecule has 2 N–H and O–H groups in total. The van der Waals surface area contributed by atoms with E-state index in [-0.39, 0.29) is 5.91 Å². The molecule has 2 rings (SSSR count). The van der Waals surface area contributed by atoms with Crippen LogP contribution in [-0.4, -0.2) is 22.4 Å². The molecule has 0 atom stereocenters. The van der Waals surface area contributed by atoms with Crippen LogP contribution >= 0.6 is 23.2 Å². The topological polar surface area (TPSA) is 66.9 Å². The van der Waals surface area contributed by atoms with Gasteiger partial charge in [-0.3, -0.25) is 4.79 Å². The molecule has 7 heteroatoms. The van der Waals surface area contributed by atoms with Crippen molar-refractivity contribution in [1.82, 2.24) is 9.97 Å². The molecule has 0 unspecified atom stereocenters. The molecule has 1 aromatic heterocycles. The highest BCUT2D eigenvalue weighted by molar-refractivity contribution is 6.44. The number of hydrogen-bond donors (Lipinski definition) is 2. The summed E-state index contributed by atoms with van der Waals surface area (Å²) in [5, 5.41) is 6.50. The van der Waals surface area contributed by atoms with Crippen LogP contribution in [-0.2, 0) is 0 Å². The van der Waals surface area contributed by atoms with Crippen molar-refractivity contribution in [2.24, 2.45) is 0 Å². The van der Waals surface area contributed by atoms with E-state index in [0.29, 0.717) is 27.2 Å². The second-order valence-corrected chi connectivity index (χ2v) is 5.77. The van der Waals surface area contributed by atoms with E-state index < -0.39 is 0 Å². The van der Waals surface area contributed by atoms with E-state index in [2.05, 4.69) is 27.5 Å². The smallest absolute Gasteiger partial charge is 0.258 e. The second kappa shape index (κ2) is 8.70. The van der Waals surface area contributed by atoms with Crippen molar-refractivity contribution in [3.8, 4) is 0 Å². The number of benzene rings is 1. The lowest BCUT2D eigenvalue weighted by Crippen LogP contribution is -2.14. The molecule has 0 saturated heterocycles. The van der Waals surface area contributed by atoms with Gasteiger partial charge in [0, 0.05) is 18.9 Å². The van der Waals surface area contributed by atoms with Gasteiger partial charge in [-0.1, -0.05) is 49.0 Å². The molecule has 122 valence electrons. The van der Waals surface area contributed by atoms with Crippen LogP contribution in [0.4, 0.5) is 11.6 Å². The molecule has 23 heavy (non-hydrogen) atoms. The van der Waals surface area contributed by atoms with Gasteiger partial charge in [-0.05, 0) is 18.6 Å². The Balaban J connectivity index is 1.96. The van der Waals surface area contributed by atoms with E-state index in [1.54, 1.807) is 18.2 Å². The maximum atomic E-state index is 12.2. The Bertz CT molecular complexity index is 662. The predicted octanol–water partition coefficient (Wildman–Crippen LogP) is 4.64. The Morgan fingerprint density at radius 3 is 2.61 bits per heavy atom. The lowest BCUT2D eigenvalue weighted by atomic mass is 10.2. The summed E-state index contributed by atoms with van der Waals surface area (Å²) in [6.07, 6.45) is 6.34. The molecule has 0 saturated carbocycles. The number of carbonyl (C=O) groups is 1. The monoisotopic (exact) mass is 352 g/mol. The molecule has 5 nitrogen and oxygen atoms in total. The number of amides is 1. The number of aromatic nitrogens is 2. The molecule has 1 heterocycles. The molecule has 0 aliphatic heterocycles. The maximum Gasteiger partial charge on any atom is 0.258 e. The molecule has 0 aliphatic carbocycles. The number of carbonyl (C=O) groups excluding carboxylic acids is 1. The Morgan fingerprint density at radius 2 is 1.91 bits per heavy atom. The van der Waals surface area contributed by atoms with Crippen LogP contribution in [0.3, 0.4) is 0 Å². The highest BCUT2D eigenvalue weighted by Crippen LogP contribution is 2.29. The highest BCUT2D eigenvalue weighted by atomic mass is 35.5. The van der Waals surface area contributed by atoms with E-state index in [1.165, 1.54) is 12.4 Å². The van der Waals surface area contributed by atoms with Gasteiger partial charge in [0.1, 0.15) is 0 Å². The van der Waals surface area contributed by atoms with Crippen molar-refractivity contribution in [2.75, 3.05) is 17.2 Å². The van der Waals surface area contributed by atoms with Gasteiger partial charge in [0.05, 0.1) is 21.3 Å². The van der Waals surface area contributed by atoms with Crippen LogP contribution in [0, 0.1) is 0 Å². The molecule has 0 fully saturated rings. The van der Waals surface area contributed by atoms with E-state index in [4.69, 9.17) is 23.2 Å². The molecule has 2 aromatic rings. The summed E-state index contributed by atoms with van der Waals surface area (Å²) in [7, 11) is 0. The first-order chi connectivity index (χ1) is 11.1. The van der Waals surface area contributed by atoms with Crippen LogP contribution in [0.1, 0.15) is 36.5 Å². The first-order valence-electron chi connectivity index (χ1n) is 7.43. The van der Waals surface area contributed by atoms with Crippen molar-refractivity contribution in [3.05, 3.63) is 46.2 Å². The fraction of sp³-hybridized carbons (Fsp3) is 0.312. The first kappa shape index (κ1) is 17.5. The lowest BCUT2D eigenvalue weighted by molar-refractivity contribution is 0.102. The van der Waals surface area contributed by atoms with Crippen molar-refractivity contribution >= 4 is 40.7 Å². The number of anilines is 2. The quantitative estimate of drug-likeness (QED) is 0.712. The largest absolute Gasteiger partial charge is 0.354 e. The van der Waals surface area contributed by atoms with Crippen molar-refractivity contribution < 1.29 is 4.79 Å². The third-order valence-corrected chi connectivity index (χ3v) is 4.00. The number of halogens is 2. The SMILES string of the molecule is CCCCCNc1ncc(C(=O)Nc2cccc(Cl)c2Cl)cn1. The third kappa shape index (κ3) is 5.08. The Labute approximate surface area is 145 Å². The van der Waals surface area contributed by atoms with Gasteiger partial charge in [0.2, 0.25) is 5.95 Å². The number of nitrogens with zero attached hydrogens (tertiary/aromatic N) is 2. The lowest BCUT2D eigenvalue weighted by Gasteiger charge is -2.08. The van der Waals surface area contributed by atoms with E-state index in [0.717, 1.165) is 25.8 Å². The minimum absolute atomic E-state index is 0.303. The van der Waals surface area contributed by atoms with Gasteiger partial charge in [-0.2, -0.15) is 0 Å². The highest BCUT2D eigenvalue weighted by Gasteiger charge is 2.11. The molecule has 0 spiro atoms. The maximum absolute atomic E-state index is 12.2. The zero-order chi connectivity index (χ0) is 16.7. The van der Waals surface area contributed by atoms with E-state index in [1.807, 2.05) is 0 Å². The zero-order valence-electron chi connectivity index (χ0n) is 12.8. The van der Waals surface area contributed by atoms with Crippen LogP contribution in [0.5, 0.6) is 0 Å². The van der Waals surface area contributed by atoms with Gasteiger partial charge in [0.25, 0.3) is 5.91 Å². The Morgan fingerprint density at radius 1 is 1.17 bits per heavy atom. The van der Waals surface area contributed by atoms with Crippen LogP contribution < -0.4 is 10.6 Å². The van der Waals surface area contributed by atoms with Gasteiger partial charge >= 0.3 is 0 Å². The van der Waals surface area contributed by atoms with Crippen molar-refractivity contribution in [2.45, 2.75) is 26.2 Å². The average Bonchev–Trinajstić information content (AvgIpc) is 2.56. The van der Waals surface area contributed by atoms with E-state index >= 15 is 0 Å². The van der Waals surface area contributed by atoms with Gasteiger partial charge < -0.3 is 10.6 Å².